The van der Waals surface area contributed by atoms with E-state index in [1.54, 1.807) is 0 Å². The van der Waals surface area contributed by atoms with E-state index in [1.165, 1.54) is 55.3 Å². The molecule has 0 saturated carbocycles. The molecular formula is C16H25N. The van der Waals surface area contributed by atoms with Gasteiger partial charge in [-0.05, 0) is 50.8 Å². The molecule has 2 rings (SSSR count). The lowest BCUT2D eigenvalue weighted by Crippen LogP contribution is -2.41. The smallest absolute Gasteiger partial charge is 0.0434 e. The highest BCUT2D eigenvalue weighted by molar-refractivity contribution is 5.36. The molecule has 1 aliphatic heterocycles. The zero-order valence-corrected chi connectivity index (χ0v) is 11.5. The van der Waals surface area contributed by atoms with Gasteiger partial charge in [0.15, 0.2) is 0 Å². The number of nitrogens with one attached hydrogen (secondary N) is 1. The molecule has 1 heterocycles. The molecule has 17 heavy (non-hydrogen) atoms. The van der Waals surface area contributed by atoms with Crippen molar-refractivity contribution in [2.45, 2.75) is 58.4 Å². The van der Waals surface area contributed by atoms with Crippen molar-refractivity contribution in [1.29, 1.82) is 0 Å². The molecule has 1 fully saturated rings. The van der Waals surface area contributed by atoms with Crippen molar-refractivity contribution >= 4 is 0 Å². The van der Waals surface area contributed by atoms with E-state index in [-0.39, 0.29) is 5.54 Å². The summed E-state index contributed by atoms with van der Waals surface area (Å²) in [5.41, 5.74) is 4.57. The molecule has 1 heteroatoms. The maximum absolute atomic E-state index is 3.83. The Morgan fingerprint density at radius 2 is 2.00 bits per heavy atom. The Kier molecular flexibility index (Phi) is 3.88. The Hall–Kier alpha value is -0.820. The van der Waals surface area contributed by atoms with E-state index >= 15 is 0 Å². The zero-order valence-electron chi connectivity index (χ0n) is 11.5. The summed E-state index contributed by atoms with van der Waals surface area (Å²) in [6.07, 6.45) is 6.53. The van der Waals surface area contributed by atoms with Crippen molar-refractivity contribution in [3.05, 3.63) is 34.9 Å². The predicted octanol–water partition coefficient (Wildman–Crippen LogP) is 4.07. The van der Waals surface area contributed by atoms with E-state index in [2.05, 4.69) is 44.3 Å². The molecule has 1 aromatic carbocycles. The van der Waals surface area contributed by atoms with Gasteiger partial charge in [-0.25, -0.2) is 0 Å². The molecule has 1 nitrogen and oxygen atoms in total. The second-order valence-electron chi connectivity index (χ2n) is 5.49. The number of rotatable bonds is 2. The van der Waals surface area contributed by atoms with Gasteiger partial charge in [-0.15, -0.1) is 0 Å². The third-order valence-corrected chi connectivity index (χ3v) is 4.26. The number of hydrogen-bond acceptors (Lipinski definition) is 1. The van der Waals surface area contributed by atoms with Crippen LogP contribution in [0.3, 0.4) is 0 Å². The van der Waals surface area contributed by atoms with E-state index in [1.807, 2.05) is 0 Å². The van der Waals surface area contributed by atoms with Gasteiger partial charge in [-0.2, -0.15) is 0 Å². The molecular weight excluding hydrogens is 206 g/mol. The first kappa shape index (κ1) is 12.6. The topological polar surface area (TPSA) is 12.0 Å². The lowest BCUT2D eigenvalue weighted by Gasteiger charge is -2.35. The highest BCUT2D eigenvalue weighted by atomic mass is 15.0. The van der Waals surface area contributed by atoms with Gasteiger partial charge in [0.05, 0.1) is 0 Å². The van der Waals surface area contributed by atoms with E-state index in [0.717, 1.165) is 0 Å². The fraction of sp³-hybridized carbons (Fsp3) is 0.625. The SMILES string of the molecule is CCC1(c2cc(C)ccc2C)CCCCCN1. The highest BCUT2D eigenvalue weighted by Crippen LogP contribution is 2.35. The zero-order chi connectivity index (χ0) is 12.3. The van der Waals surface area contributed by atoms with Gasteiger partial charge in [-0.1, -0.05) is 43.5 Å². The van der Waals surface area contributed by atoms with Crippen LogP contribution in [0, 0.1) is 13.8 Å². The maximum atomic E-state index is 3.83. The molecule has 0 radical (unpaired) electrons. The van der Waals surface area contributed by atoms with Crippen LogP contribution in [0.4, 0.5) is 0 Å². The van der Waals surface area contributed by atoms with E-state index < -0.39 is 0 Å². The summed E-state index contributed by atoms with van der Waals surface area (Å²) in [7, 11) is 0. The Balaban J connectivity index is 2.41. The minimum absolute atomic E-state index is 0.229. The van der Waals surface area contributed by atoms with Crippen LogP contribution in [0.5, 0.6) is 0 Å². The second-order valence-corrected chi connectivity index (χ2v) is 5.49. The van der Waals surface area contributed by atoms with Crippen molar-refractivity contribution in [2.24, 2.45) is 0 Å². The summed E-state index contributed by atoms with van der Waals surface area (Å²) in [6.45, 7) is 7.93. The number of aryl methyl sites for hydroxylation is 2. The van der Waals surface area contributed by atoms with Crippen molar-refractivity contribution in [1.82, 2.24) is 5.32 Å². The normalized spacial score (nSPS) is 25.6. The summed E-state index contributed by atoms with van der Waals surface area (Å²) < 4.78 is 0. The van der Waals surface area contributed by atoms with E-state index in [9.17, 15) is 0 Å². The third-order valence-electron chi connectivity index (χ3n) is 4.26. The van der Waals surface area contributed by atoms with Crippen LogP contribution in [-0.4, -0.2) is 6.54 Å². The molecule has 1 atom stereocenters. The summed E-state index contributed by atoms with van der Waals surface area (Å²) in [4.78, 5) is 0. The fourth-order valence-electron chi connectivity index (χ4n) is 3.12. The van der Waals surface area contributed by atoms with Crippen molar-refractivity contribution in [3.63, 3.8) is 0 Å². The average molecular weight is 231 g/mol. The lowest BCUT2D eigenvalue weighted by molar-refractivity contribution is 0.311. The summed E-state index contributed by atoms with van der Waals surface area (Å²) >= 11 is 0. The number of benzene rings is 1. The molecule has 1 unspecified atom stereocenters. The Morgan fingerprint density at radius 1 is 1.18 bits per heavy atom. The summed E-state index contributed by atoms with van der Waals surface area (Å²) in [5.74, 6) is 0. The maximum Gasteiger partial charge on any atom is 0.0434 e. The second kappa shape index (κ2) is 5.22. The molecule has 1 saturated heterocycles. The van der Waals surface area contributed by atoms with Crippen molar-refractivity contribution in [3.8, 4) is 0 Å². The molecule has 1 N–H and O–H groups in total. The van der Waals surface area contributed by atoms with E-state index in [4.69, 9.17) is 0 Å². The minimum Gasteiger partial charge on any atom is -0.307 e. The standard InChI is InChI=1S/C16H25N/c1-4-16(10-6-5-7-11-17-16)15-12-13(2)8-9-14(15)3/h8-9,12,17H,4-7,10-11H2,1-3H3. The van der Waals surface area contributed by atoms with Crippen LogP contribution in [0.2, 0.25) is 0 Å². The summed E-state index contributed by atoms with van der Waals surface area (Å²) in [6, 6.07) is 6.88. The van der Waals surface area contributed by atoms with Crippen molar-refractivity contribution in [2.75, 3.05) is 6.54 Å². The third kappa shape index (κ3) is 2.55. The Labute approximate surface area is 106 Å². The van der Waals surface area contributed by atoms with Crippen LogP contribution in [0.1, 0.15) is 55.7 Å². The largest absolute Gasteiger partial charge is 0.307 e. The van der Waals surface area contributed by atoms with Gasteiger partial charge < -0.3 is 5.32 Å². The first-order valence-electron chi connectivity index (χ1n) is 7.01. The highest BCUT2D eigenvalue weighted by Gasteiger charge is 2.31. The fourth-order valence-corrected chi connectivity index (χ4v) is 3.12. The van der Waals surface area contributed by atoms with Gasteiger partial charge in [-0.3, -0.25) is 0 Å². The molecule has 0 aliphatic carbocycles. The average Bonchev–Trinajstić information content (AvgIpc) is 2.58. The predicted molar refractivity (Wildman–Crippen MR) is 74.4 cm³/mol. The monoisotopic (exact) mass is 231 g/mol. The molecule has 0 amide bonds. The molecule has 0 bridgehead atoms. The molecule has 1 aliphatic rings. The first-order valence-corrected chi connectivity index (χ1v) is 7.01. The van der Waals surface area contributed by atoms with Crippen LogP contribution < -0.4 is 5.32 Å². The van der Waals surface area contributed by atoms with Gasteiger partial charge in [0.2, 0.25) is 0 Å². The van der Waals surface area contributed by atoms with Gasteiger partial charge >= 0.3 is 0 Å². The quantitative estimate of drug-likeness (QED) is 0.809. The van der Waals surface area contributed by atoms with Crippen LogP contribution >= 0.6 is 0 Å². The minimum atomic E-state index is 0.229. The molecule has 0 aromatic heterocycles. The first-order chi connectivity index (χ1) is 8.18. The summed E-state index contributed by atoms with van der Waals surface area (Å²) in [5, 5.41) is 3.83. The Bertz CT molecular complexity index is 373. The Morgan fingerprint density at radius 3 is 2.76 bits per heavy atom. The van der Waals surface area contributed by atoms with Crippen LogP contribution in [0.15, 0.2) is 18.2 Å². The number of hydrogen-bond donors (Lipinski definition) is 1. The molecule has 0 spiro atoms. The molecule has 1 aromatic rings. The lowest BCUT2D eigenvalue weighted by atomic mass is 9.80. The van der Waals surface area contributed by atoms with Gasteiger partial charge in [0.25, 0.3) is 0 Å². The van der Waals surface area contributed by atoms with Gasteiger partial charge in [0.1, 0.15) is 0 Å². The van der Waals surface area contributed by atoms with Gasteiger partial charge in [0, 0.05) is 5.54 Å². The van der Waals surface area contributed by atoms with E-state index in [0.29, 0.717) is 0 Å². The van der Waals surface area contributed by atoms with Crippen LogP contribution in [-0.2, 0) is 5.54 Å². The molecule has 94 valence electrons. The van der Waals surface area contributed by atoms with Crippen molar-refractivity contribution < 1.29 is 0 Å². The van der Waals surface area contributed by atoms with Crippen LogP contribution in [0.25, 0.3) is 0 Å².